The molecule has 0 aromatic rings. The molecule has 110 valence electrons. The lowest BCUT2D eigenvalue weighted by Crippen LogP contribution is -2.45. The molecule has 4 nitrogen and oxygen atoms in total. The summed E-state index contributed by atoms with van der Waals surface area (Å²) in [6.45, 7) is 4.39. The number of carbonyl (C=O) groups excluding carboxylic acids is 1. The van der Waals surface area contributed by atoms with Gasteiger partial charge in [-0.05, 0) is 51.5 Å². The lowest BCUT2D eigenvalue weighted by atomic mass is 10.0. The van der Waals surface area contributed by atoms with Gasteiger partial charge in [0.15, 0.2) is 0 Å². The van der Waals surface area contributed by atoms with Gasteiger partial charge < -0.3 is 15.4 Å². The first-order chi connectivity index (χ1) is 9.26. The summed E-state index contributed by atoms with van der Waals surface area (Å²) < 4.78 is 5.69. The van der Waals surface area contributed by atoms with Crippen LogP contribution in [0.25, 0.3) is 0 Å². The van der Waals surface area contributed by atoms with E-state index in [-0.39, 0.29) is 12.0 Å². The maximum absolute atomic E-state index is 12.5. The summed E-state index contributed by atoms with van der Waals surface area (Å²) in [5.74, 6) is 0.760. The maximum atomic E-state index is 12.5. The highest BCUT2D eigenvalue weighted by molar-refractivity contribution is 5.77. The predicted octanol–water partition coefficient (Wildman–Crippen LogP) is 1.92. The van der Waals surface area contributed by atoms with Crippen molar-refractivity contribution in [3.63, 3.8) is 0 Å². The van der Waals surface area contributed by atoms with Gasteiger partial charge in [0.2, 0.25) is 5.91 Å². The Balaban J connectivity index is 1.90. The van der Waals surface area contributed by atoms with Crippen molar-refractivity contribution in [2.24, 2.45) is 11.7 Å². The van der Waals surface area contributed by atoms with E-state index in [1.165, 1.54) is 19.3 Å². The molecule has 1 aliphatic heterocycles. The second-order valence-corrected chi connectivity index (χ2v) is 5.87. The first kappa shape index (κ1) is 14.8. The Morgan fingerprint density at radius 3 is 2.74 bits per heavy atom. The molecular formula is C15H28N2O2. The largest absolute Gasteiger partial charge is 0.378 e. The molecule has 2 rings (SSSR count). The minimum Gasteiger partial charge on any atom is -0.378 e. The van der Waals surface area contributed by atoms with Crippen LogP contribution >= 0.6 is 0 Å². The van der Waals surface area contributed by atoms with E-state index in [4.69, 9.17) is 10.5 Å². The first-order valence-electron chi connectivity index (χ1n) is 7.87. The Labute approximate surface area is 116 Å². The maximum Gasteiger partial charge on any atom is 0.225 e. The van der Waals surface area contributed by atoms with E-state index in [0.29, 0.717) is 24.9 Å². The fourth-order valence-electron chi connectivity index (χ4n) is 3.58. The molecular weight excluding hydrogens is 240 g/mol. The van der Waals surface area contributed by atoms with Crippen molar-refractivity contribution in [1.82, 2.24) is 4.90 Å². The molecule has 0 aromatic heterocycles. The number of amides is 1. The van der Waals surface area contributed by atoms with Crippen molar-refractivity contribution in [3.8, 4) is 0 Å². The highest BCUT2D eigenvalue weighted by atomic mass is 16.5. The first-order valence-corrected chi connectivity index (χ1v) is 7.87. The van der Waals surface area contributed by atoms with Gasteiger partial charge in [-0.3, -0.25) is 4.79 Å². The van der Waals surface area contributed by atoms with E-state index in [1.807, 2.05) is 0 Å². The van der Waals surface area contributed by atoms with Gasteiger partial charge in [-0.25, -0.2) is 0 Å². The van der Waals surface area contributed by atoms with Gasteiger partial charge in [0.25, 0.3) is 0 Å². The zero-order valence-corrected chi connectivity index (χ0v) is 12.1. The van der Waals surface area contributed by atoms with Crippen LogP contribution in [0.2, 0.25) is 0 Å². The highest BCUT2D eigenvalue weighted by Crippen LogP contribution is 2.30. The fraction of sp³-hybridized carbons (Fsp3) is 0.933. The third kappa shape index (κ3) is 3.69. The SMILES string of the molecule is CCN(C(=O)CC1CCCCO1)C1CCCC1CN. The van der Waals surface area contributed by atoms with Crippen LogP contribution in [0, 0.1) is 5.92 Å². The van der Waals surface area contributed by atoms with Crippen LogP contribution in [0.5, 0.6) is 0 Å². The molecule has 1 heterocycles. The molecule has 1 saturated carbocycles. The van der Waals surface area contributed by atoms with Crippen molar-refractivity contribution >= 4 is 5.91 Å². The average molecular weight is 268 g/mol. The number of carbonyl (C=O) groups is 1. The van der Waals surface area contributed by atoms with E-state index in [1.54, 1.807) is 0 Å². The third-order valence-corrected chi connectivity index (χ3v) is 4.66. The Bertz CT molecular complexity index is 290. The molecule has 19 heavy (non-hydrogen) atoms. The van der Waals surface area contributed by atoms with Crippen LogP contribution in [0.15, 0.2) is 0 Å². The van der Waals surface area contributed by atoms with Gasteiger partial charge in [-0.15, -0.1) is 0 Å². The number of ether oxygens (including phenoxy) is 1. The third-order valence-electron chi connectivity index (χ3n) is 4.66. The normalized spacial score (nSPS) is 31.4. The topological polar surface area (TPSA) is 55.6 Å². The minimum absolute atomic E-state index is 0.146. The molecule has 1 saturated heterocycles. The fourth-order valence-corrected chi connectivity index (χ4v) is 3.58. The number of hydrogen-bond acceptors (Lipinski definition) is 3. The zero-order chi connectivity index (χ0) is 13.7. The summed E-state index contributed by atoms with van der Waals surface area (Å²) in [5, 5.41) is 0. The summed E-state index contributed by atoms with van der Waals surface area (Å²) in [5.41, 5.74) is 5.84. The van der Waals surface area contributed by atoms with Gasteiger partial charge in [0.1, 0.15) is 0 Å². The molecule has 0 aromatic carbocycles. The standard InChI is InChI=1S/C15H28N2O2/c1-2-17(14-8-5-6-12(14)11-16)15(18)10-13-7-3-4-9-19-13/h12-14H,2-11,16H2,1H3. The molecule has 2 N–H and O–H groups in total. The summed E-state index contributed by atoms with van der Waals surface area (Å²) in [6, 6.07) is 0.367. The Morgan fingerprint density at radius 1 is 1.26 bits per heavy atom. The van der Waals surface area contributed by atoms with Gasteiger partial charge in [-0.1, -0.05) is 6.42 Å². The average Bonchev–Trinajstić information content (AvgIpc) is 2.89. The number of hydrogen-bond donors (Lipinski definition) is 1. The second kappa shape index (κ2) is 7.25. The smallest absolute Gasteiger partial charge is 0.225 e. The van der Waals surface area contributed by atoms with Gasteiger partial charge in [0, 0.05) is 19.2 Å². The molecule has 0 spiro atoms. The summed E-state index contributed by atoms with van der Waals surface area (Å²) in [7, 11) is 0. The van der Waals surface area contributed by atoms with E-state index in [9.17, 15) is 4.79 Å². The van der Waals surface area contributed by atoms with Crippen LogP contribution in [0.4, 0.5) is 0 Å². The molecule has 2 fully saturated rings. The van der Waals surface area contributed by atoms with Crippen LogP contribution in [-0.2, 0) is 9.53 Å². The van der Waals surface area contributed by atoms with Crippen LogP contribution < -0.4 is 5.73 Å². The molecule has 2 aliphatic rings. The van der Waals surface area contributed by atoms with Crippen molar-refractivity contribution in [2.75, 3.05) is 19.7 Å². The zero-order valence-electron chi connectivity index (χ0n) is 12.1. The molecule has 0 bridgehead atoms. The van der Waals surface area contributed by atoms with E-state index in [2.05, 4.69) is 11.8 Å². The lowest BCUT2D eigenvalue weighted by Gasteiger charge is -2.33. The highest BCUT2D eigenvalue weighted by Gasteiger charge is 2.33. The Hall–Kier alpha value is -0.610. The Kier molecular flexibility index (Phi) is 5.64. The van der Waals surface area contributed by atoms with Gasteiger partial charge >= 0.3 is 0 Å². The lowest BCUT2D eigenvalue weighted by molar-refractivity contribution is -0.137. The van der Waals surface area contributed by atoms with Crippen molar-refractivity contribution in [1.29, 1.82) is 0 Å². The van der Waals surface area contributed by atoms with Crippen LogP contribution in [0.1, 0.15) is 51.9 Å². The van der Waals surface area contributed by atoms with Gasteiger partial charge in [-0.2, -0.15) is 0 Å². The van der Waals surface area contributed by atoms with Crippen LogP contribution in [-0.4, -0.2) is 42.6 Å². The van der Waals surface area contributed by atoms with Gasteiger partial charge in [0.05, 0.1) is 12.5 Å². The molecule has 3 unspecified atom stereocenters. The summed E-state index contributed by atoms with van der Waals surface area (Å²) in [6.07, 6.45) is 7.57. The van der Waals surface area contributed by atoms with Crippen molar-refractivity contribution in [3.05, 3.63) is 0 Å². The number of nitrogens with two attached hydrogens (primary N) is 1. The molecule has 3 atom stereocenters. The molecule has 0 radical (unpaired) electrons. The van der Waals surface area contributed by atoms with E-state index < -0.39 is 0 Å². The van der Waals surface area contributed by atoms with Crippen LogP contribution in [0.3, 0.4) is 0 Å². The quantitative estimate of drug-likeness (QED) is 0.829. The number of rotatable bonds is 5. The van der Waals surface area contributed by atoms with E-state index >= 15 is 0 Å². The molecule has 1 amide bonds. The molecule has 1 aliphatic carbocycles. The monoisotopic (exact) mass is 268 g/mol. The van der Waals surface area contributed by atoms with E-state index in [0.717, 1.165) is 32.4 Å². The minimum atomic E-state index is 0.146. The number of nitrogens with zero attached hydrogens (tertiary/aromatic N) is 1. The van der Waals surface area contributed by atoms with Crippen molar-refractivity contribution < 1.29 is 9.53 Å². The Morgan fingerprint density at radius 2 is 2.11 bits per heavy atom. The second-order valence-electron chi connectivity index (χ2n) is 5.87. The predicted molar refractivity (Wildman–Crippen MR) is 75.8 cm³/mol. The van der Waals surface area contributed by atoms with Crippen molar-refractivity contribution in [2.45, 2.75) is 64.0 Å². The summed E-state index contributed by atoms with van der Waals surface area (Å²) in [4.78, 5) is 14.6. The summed E-state index contributed by atoms with van der Waals surface area (Å²) >= 11 is 0. The molecule has 4 heteroatoms.